The van der Waals surface area contributed by atoms with Crippen molar-refractivity contribution in [2.24, 2.45) is 5.92 Å². The molecular formula is C18H29NO6. The van der Waals surface area contributed by atoms with Crippen LogP contribution in [0.5, 0.6) is 0 Å². The monoisotopic (exact) mass is 355 g/mol. The Balaban J connectivity index is 2.02. The molecule has 2 aliphatic heterocycles. The number of carbonyl (C=O) groups is 2. The highest BCUT2D eigenvalue weighted by Crippen LogP contribution is 2.32. The maximum atomic E-state index is 12.5. The van der Waals surface area contributed by atoms with Gasteiger partial charge < -0.3 is 19.7 Å². The Morgan fingerprint density at radius 3 is 2.68 bits per heavy atom. The van der Waals surface area contributed by atoms with Crippen molar-refractivity contribution in [3.63, 3.8) is 0 Å². The van der Waals surface area contributed by atoms with Gasteiger partial charge in [0.05, 0.1) is 12.1 Å². The fourth-order valence-corrected chi connectivity index (χ4v) is 3.70. The first-order chi connectivity index (χ1) is 11.7. The van der Waals surface area contributed by atoms with E-state index in [4.69, 9.17) is 9.47 Å². The van der Waals surface area contributed by atoms with Crippen LogP contribution in [0.1, 0.15) is 40.5 Å². The molecule has 0 amide bonds. The van der Waals surface area contributed by atoms with Gasteiger partial charge in [-0.15, -0.1) is 0 Å². The van der Waals surface area contributed by atoms with Gasteiger partial charge in [0.25, 0.3) is 0 Å². The van der Waals surface area contributed by atoms with E-state index >= 15 is 0 Å². The minimum absolute atomic E-state index is 0.0171. The summed E-state index contributed by atoms with van der Waals surface area (Å²) in [6.07, 6.45) is 1.78. The lowest BCUT2D eigenvalue weighted by Gasteiger charge is -2.34. The lowest BCUT2D eigenvalue weighted by atomic mass is 9.82. The van der Waals surface area contributed by atoms with Gasteiger partial charge in [-0.05, 0) is 24.8 Å². The third kappa shape index (κ3) is 3.88. The van der Waals surface area contributed by atoms with Crippen molar-refractivity contribution in [2.45, 2.75) is 64.4 Å². The zero-order chi connectivity index (χ0) is 18.8. The Hall–Kier alpha value is -1.44. The summed E-state index contributed by atoms with van der Waals surface area (Å²) in [5, 5.41) is 20.5. The summed E-state index contributed by atoms with van der Waals surface area (Å²) < 4.78 is 10.7. The molecule has 1 fully saturated rings. The number of hydrogen-bond acceptors (Lipinski definition) is 7. The molecule has 0 aliphatic carbocycles. The predicted octanol–water partition coefficient (Wildman–Crippen LogP) is 0.634. The maximum Gasteiger partial charge on any atom is 0.341 e. The van der Waals surface area contributed by atoms with Crippen LogP contribution in [-0.2, 0) is 19.1 Å². The van der Waals surface area contributed by atoms with E-state index in [1.807, 2.05) is 13.0 Å². The number of rotatable bonds is 7. The molecule has 142 valence electrons. The molecule has 7 nitrogen and oxygen atoms in total. The Labute approximate surface area is 148 Å². The van der Waals surface area contributed by atoms with Crippen LogP contribution in [0.15, 0.2) is 11.6 Å². The standard InChI is InChI=1S/C18H29NO6/c1-5-11(2)18(23,12(3)20)17(22)24-10-14-6-8-19-9-7-15(16(14)19)25-13(4)21/h6,11-12,15-16,20,23H,5,7-10H2,1-4H3. The number of hydrogen-bond donors (Lipinski definition) is 2. The van der Waals surface area contributed by atoms with Crippen LogP contribution >= 0.6 is 0 Å². The second-order valence-electron chi connectivity index (χ2n) is 7.04. The summed E-state index contributed by atoms with van der Waals surface area (Å²) in [4.78, 5) is 25.9. The van der Waals surface area contributed by atoms with Crippen molar-refractivity contribution in [1.29, 1.82) is 0 Å². The average Bonchev–Trinajstić information content (AvgIpc) is 3.13. The molecule has 25 heavy (non-hydrogen) atoms. The lowest BCUT2D eigenvalue weighted by molar-refractivity contribution is -0.185. The van der Waals surface area contributed by atoms with Crippen molar-refractivity contribution in [2.75, 3.05) is 19.7 Å². The van der Waals surface area contributed by atoms with Gasteiger partial charge in [0.15, 0.2) is 5.60 Å². The predicted molar refractivity (Wildman–Crippen MR) is 90.7 cm³/mol. The summed E-state index contributed by atoms with van der Waals surface area (Å²) in [5.41, 5.74) is -1.06. The van der Waals surface area contributed by atoms with E-state index in [0.29, 0.717) is 6.42 Å². The molecule has 0 spiro atoms. The fraction of sp³-hybridized carbons (Fsp3) is 0.778. The molecule has 0 bridgehead atoms. The van der Waals surface area contributed by atoms with Gasteiger partial charge in [-0.2, -0.15) is 0 Å². The highest BCUT2D eigenvalue weighted by molar-refractivity contribution is 5.80. The van der Waals surface area contributed by atoms with E-state index in [1.165, 1.54) is 13.8 Å². The smallest absolute Gasteiger partial charge is 0.341 e. The highest BCUT2D eigenvalue weighted by Gasteiger charge is 2.48. The molecule has 2 heterocycles. The van der Waals surface area contributed by atoms with E-state index in [0.717, 1.165) is 25.1 Å². The third-order valence-electron chi connectivity index (χ3n) is 5.43. The third-order valence-corrected chi connectivity index (χ3v) is 5.43. The lowest BCUT2D eigenvalue weighted by Crippen LogP contribution is -2.54. The number of nitrogens with zero attached hydrogens (tertiary/aromatic N) is 1. The highest BCUT2D eigenvalue weighted by atomic mass is 16.6. The van der Waals surface area contributed by atoms with Crippen LogP contribution in [0.4, 0.5) is 0 Å². The minimum atomic E-state index is -1.93. The van der Waals surface area contributed by atoms with E-state index in [9.17, 15) is 19.8 Å². The summed E-state index contributed by atoms with van der Waals surface area (Å²) in [5.74, 6) is -1.58. The number of carbonyl (C=O) groups excluding carboxylic acids is 2. The number of esters is 2. The van der Waals surface area contributed by atoms with E-state index in [1.54, 1.807) is 6.92 Å². The zero-order valence-electron chi connectivity index (χ0n) is 15.4. The first-order valence-electron chi connectivity index (χ1n) is 8.89. The molecule has 0 aromatic rings. The van der Waals surface area contributed by atoms with Crippen molar-refractivity contribution in [3.8, 4) is 0 Å². The van der Waals surface area contributed by atoms with Crippen molar-refractivity contribution >= 4 is 11.9 Å². The topological polar surface area (TPSA) is 96.3 Å². The largest absolute Gasteiger partial charge is 0.460 e. The SMILES string of the molecule is CCC(C)C(O)(C(=O)OCC1=CCN2CCC(OC(C)=O)C12)C(C)O. The Bertz CT molecular complexity index is 546. The molecule has 0 saturated carbocycles. The summed E-state index contributed by atoms with van der Waals surface area (Å²) in [6, 6.07) is -0.0834. The number of aliphatic hydroxyl groups excluding tert-OH is 1. The normalized spacial score (nSPS) is 27.8. The Morgan fingerprint density at radius 2 is 2.12 bits per heavy atom. The van der Waals surface area contributed by atoms with Crippen LogP contribution in [-0.4, -0.2) is 70.6 Å². The van der Waals surface area contributed by atoms with Crippen LogP contribution in [0.3, 0.4) is 0 Å². The molecule has 5 atom stereocenters. The van der Waals surface area contributed by atoms with Crippen LogP contribution in [0.25, 0.3) is 0 Å². The first kappa shape index (κ1) is 19.9. The molecule has 2 aliphatic rings. The van der Waals surface area contributed by atoms with Crippen LogP contribution in [0.2, 0.25) is 0 Å². The molecule has 2 N–H and O–H groups in total. The van der Waals surface area contributed by atoms with E-state index in [-0.39, 0.29) is 24.7 Å². The second-order valence-corrected chi connectivity index (χ2v) is 7.04. The van der Waals surface area contributed by atoms with Crippen LogP contribution < -0.4 is 0 Å². The molecule has 0 aromatic heterocycles. The van der Waals surface area contributed by atoms with Gasteiger partial charge in [0, 0.05) is 20.0 Å². The molecule has 0 aromatic carbocycles. The van der Waals surface area contributed by atoms with Gasteiger partial charge in [0.2, 0.25) is 0 Å². The summed E-state index contributed by atoms with van der Waals surface area (Å²) in [6.45, 7) is 7.88. The molecular weight excluding hydrogens is 326 g/mol. The number of fused-ring (bicyclic) bond motifs is 1. The summed E-state index contributed by atoms with van der Waals surface area (Å²) in [7, 11) is 0. The van der Waals surface area contributed by atoms with E-state index < -0.39 is 23.6 Å². The van der Waals surface area contributed by atoms with E-state index in [2.05, 4.69) is 4.90 Å². The molecule has 1 saturated heterocycles. The molecule has 5 unspecified atom stereocenters. The van der Waals surface area contributed by atoms with Crippen LogP contribution in [0, 0.1) is 5.92 Å². The quantitative estimate of drug-likeness (QED) is 0.511. The van der Waals surface area contributed by atoms with Crippen molar-refractivity contribution < 1.29 is 29.3 Å². The van der Waals surface area contributed by atoms with Gasteiger partial charge in [-0.25, -0.2) is 4.79 Å². The van der Waals surface area contributed by atoms with Gasteiger partial charge in [-0.1, -0.05) is 26.3 Å². The second kappa shape index (κ2) is 7.85. The van der Waals surface area contributed by atoms with Gasteiger partial charge in [0.1, 0.15) is 12.7 Å². The first-order valence-corrected chi connectivity index (χ1v) is 8.89. The molecule has 0 radical (unpaired) electrons. The Morgan fingerprint density at radius 1 is 1.44 bits per heavy atom. The minimum Gasteiger partial charge on any atom is -0.460 e. The number of aliphatic hydroxyl groups is 2. The van der Waals surface area contributed by atoms with Gasteiger partial charge >= 0.3 is 11.9 Å². The Kier molecular flexibility index (Phi) is 6.24. The van der Waals surface area contributed by atoms with Crippen molar-refractivity contribution in [3.05, 3.63) is 11.6 Å². The number of ether oxygens (including phenoxy) is 2. The average molecular weight is 355 g/mol. The maximum absolute atomic E-state index is 12.5. The zero-order valence-corrected chi connectivity index (χ0v) is 15.4. The molecule has 2 rings (SSSR count). The van der Waals surface area contributed by atoms with Gasteiger partial charge in [-0.3, -0.25) is 9.69 Å². The fourth-order valence-electron chi connectivity index (χ4n) is 3.70. The molecule has 7 heteroatoms. The van der Waals surface area contributed by atoms with Crippen molar-refractivity contribution in [1.82, 2.24) is 4.90 Å². The summed E-state index contributed by atoms with van der Waals surface area (Å²) >= 11 is 0.